The molecule has 0 spiro atoms. The summed E-state index contributed by atoms with van der Waals surface area (Å²) in [5.41, 5.74) is 3.37. The number of carbonyl (C=O) groups is 1. The molecule has 0 aliphatic rings. The van der Waals surface area contributed by atoms with Crippen LogP contribution in [0.4, 0.5) is 5.69 Å². The van der Waals surface area contributed by atoms with Crippen LogP contribution < -0.4 is 14.4 Å². The fraction of sp³-hybridized carbons (Fsp3) is 0.381. The molecule has 0 aromatic heterocycles. The van der Waals surface area contributed by atoms with Crippen LogP contribution in [0.3, 0.4) is 0 Å². The van der Waals surface area contributed by atoms with Crippen LogP contribution in [0.25, 0.3) is 0 Å². The molecule has 7 heteroatoms. The molecule has 0 bridgehead atoms. The van der Waals surface area contributed by atoms with Gasteiger partial charge >= 0.3 is 0 Å². The second-order valence-electron chi connectivity index (χ2n) is 7.15. The third-order valence-corrected chi connectivity index (χ3v) is 5.38. The Hall–Kier alpha value is -2.54. The summed E-state index contributed by atoms with van der Waals surface area (Å²) in [6.07, 6.45) is 1.10. The number of hydrogen-bond donors (Lipinski definition) is 1. The van der Waals surface area contributed by atoms with Crippen LogP contribution in [0.15, 0.2) is 42.5 Å². The number of amides is 1. The first-order valence-electron chi connectivity index (χ1n) is 9.10. The zero-order valence-corrected chi connectivity index (χ0v) is 17.8. The van der Waals surface area contributed by atoms with Crippen LogP contribution in [-0.2, 0) is 14.8 Å². The second kappa shape index (κ2) is 9.10. The predicted molar refractivity (Wildman–Crippen MR) is 112 cm³/mol. The van der Waals surface area contributed by atoms with Crippen molar-refractivity contribution < 1.29 is 17.9 Å². The molecule has 2 rings (SSSR count). The van der Waals surface area contributed by atoms with Crippen LogP contribution in [-0.4, -0.2) is 39.8 Å². The van der Waals surface area contributed by atoms with Gasteiger partial charge in [-0.2, -0.15) is 0 Å². The van der Waals surface area contributed by atoms with Gasteiger partial charge in [-0.3, -0.25) is 9.10 Å². The number of aryl methyl sites for hydroxylation is 3. The van der Waals surface area contributed by atoms with Gasteiger partial charge in [0, 0.05) is 0 Å². The van der Waals surface area contributed by atoms with Crippen molar-refractivity contribution in [2.45, 2.75) is 33.7 Å². The summed E-state index contributed by atoms with van der Waals surface area (Å²) in [5, 5.41) is 2.80. The fourth-order valence-electron chi connectivity index (χ4n) is 2.72. The van der Waals surface area contributed by atoms with Crippen molar-refractivity contribution in [1.29, 1.82) is 0 Å². The maximum atomic E-state index is 12.5. The maximum Gasteiger partial charge on any atom is 0.241 e. The summed E-state index contributed by atoms with van der Waals surface area (Å²) in [6, 6.07) is 12.9. The van der Waals surface area contributed by atoms with Gasteiger partial charge in [0.1, 0.15) is 18.9 Å². The van der Waals surface area contributed by atoms with Gasteiger partial charge < -0.3 is 10.1 Å². The van der Waals surface area contributed by atoms with Crippen molar-refractivity contribution in [1.82, 2.24) is 5.32 Å². The predicted octanol–water partition coefficient (Wildman–Crippen LogP) is 2.96. The molecular formula is C21H28N2O4S. The molecule has 0 heterocycles. The van der Waals surface area contributed by atoms with Crippen molar-refractivity contribution in [2.75, 3.05) is 23.7 Å². The molecule has 2 aromatic carbocycles. The van der Waals surface area contributed by atoms with E-state index in [0.29, 0.717) is 5.69 Å². The lowest BCUT2D eigenvalue weighted by molar-refractivity contribution is -0.120. The van der Waals surface area contributed by atoms with E-state index in [-0.39, 0.29) is 25.1 Å². The number of benzene rings is 2. The molecule has 28 heavy (non-hydrogen) atoms. The molecule has 0 unspecified atom stereocenters. The highest BCUT2D eigenvalue weighted by Crippen LogP contribution is 2.23. The number of nitrogens with one attached hydrogen (secondary N) is 1. The summed E-state index contributed by atoms with van der Waals surface area (Å²) in [5.74, 6) is 0.339. The standard InChI is InChI=1S/C21H28N2O4S/c1-15-7-10-19(11-8-15)27-14-18(4)22-21(24)13-23(28(5,25)26)20-12-16(2)6-9-17(20)3/h6-12,18H,13-14H2,1-5H3,(H,22,24)/t18-/m0/s1. The van der Waals surface area contributed by atoms with Crippen molar-refractivity contribution in [3.8, 4) is 5.75 Å². The summed E-state index contributed by atoms with van der Waals surface area (Å²) in [7, 11) is -3.61. The van der Waals surface area contributed by atoms with Gasteiger partial charge in [-0.25, -0.2) is 8.42 Å². The molecule has 1 N–H and O–H groups in total. The van der Waals surface area contributed by atoms with E-state index in [4.69, 9.17) is 4.74 Å². The van der Waals surface area contributed by atoms with E-state index in [0.717, 1.165) is 33.0 Å². The molecular weight excluding hydrogens is 376 g/mol. The Labute approximate surface area is 167 Å². The van der Waals surface area contributed by atoms with Gasteiger partial charge in [-0.15, -0.1) is 0 Å². The summed E-state index contributed by atoms with van der Waals surface area (Å²) in [6.45, 7) is 7.52. The number of sulfonamides is 1. The molecule has 152 valence electrons. The number of carbonyl (C=O) groups excluding carboxylic acids is 1. The average molecular weight is 405 g/mol. The first-order chi connectivity index (χ1) is 13.1. The number of rotatable bonds is 8. The largest absolute Gasteiger partial charge is 0.491 e. The van der Waals surface area contributed by atoms with Gasteiger partial charge in [0.25, 0.3) is 0 Å². The van der Waals surface area contributed by atoms with Crippen molar-refractivity contribution >= 4 is 21.6 Å². The molecule has 0 saturated carbocycles. The van der Waals surface area contributed by atoms with E-state index in [9.17, 15) is 13.2 Å². The summed E-state index contributed by atoms with van der Waals surface area (Å²) < 4.78 is 31.4. The van der Waals surface area contributed by atoms with E-state index in [1.807, 2.05) is 64.1 Å². The SMILES string of the molecule is Cc1ccc(OC[C@H](C)NC(=O)CN(c2cc(C)ccc2C)S(C)(=O)=O)cc1. The Morgan fingerprint density at radius 2 is 1.68 bits per heavy atom. The van der Waals surface area contributed by atoms with Crippen LogP contribution in [0, 0.1) is 20.8 Å². The van der Waals surface area contributed by atoms with Crippen LogP contribution >= 0.6 is 0 Å². The first-order valence-corrected chi connectivity index (χ1v) is 10.9. The van der Waals surface area contributed by atoms with Crippen LogP contribution in [0.1, 0.15) is 23.6 Å². The number of anilines is 1. The molecule has 0 aliphatic carbocycles. The molecule has 0 saturated heterocycles. The van der Waals surface area contributed by atoms with Gasteiger partial charge in [0.15, 0.2) is 0 Å². The molecule has 1 amide bonds. The maximum absolute atomic E-state index is 12.5. The Morgan fingerprint density at radius 1 is 1.07 bits per heavy atom. The van der Waals surface area contributed by atoms with Gasteiger partial charge in [0.05, 0.1) is 18.0 Å². The minimum absolute atomic E-state index is 0.270. The molecule has 0 aliphatic heterocycles. The number of hydrogen-bond acceptors (Lipinski definition) is 4. The van der Waals surface area contributed by atoms with Crippen LogP contribution in [0.2, 0.25) is 0 Å². The van der Waals surface area contributed by atoms with Crippen molar-refractivity contribution in [2.24, 2.45) is 0 Å². The van der Waals surface area contributed by atoms with E-state index in [2.05, 4.69) is 5.32 Å². The minimum atomic E-state index is -3.61. The highest BCUT2D eigenvalue weighted by Gasteiger charge is 2.23. The van der Waals surface area contributed by atoms with Crippen LogP contribution in [0.5, 0.6) is 5.75 Å². The molecule has 2 aromatic rings. The molecule has 6 nitrogen and oxygen atoms in total. The van der Waals surface area contributed by atoms with Crippen molar-refractivity contribution in [3.05, 3.63) is 59.2 Å². The third kappa shape index (κ3) is 6.27. The van der Waals surface area contributed by atoms with E-state index >= 15 is 0 Å². The number of ether oxygens (including phenoxy) is 1. The summed E-state index contributed by atoms with van der Waals surface area (Å²) in [4.78, 5) is 12.5. The first kappa shape index (κ1) is 21.8. The highest BCUT2D eigenvalue weighted by molar-refractivity contribution is 7.92. The normalized spacial score (nSPS) is 12.3. The van der Waals surface area contributed by atoms with Gasteiger partial charge in [-0.05, 0) is 57.0 Å². The molecule has 0 fully saturated rings. The monoisotopic (exact) mass is 404 g/mol. The van der Waals surface area contributed by atoms with E-state index < -0.39 is 10.0 Å². The Balaban J connectivity index is 2.01. The highest BCUT2D eigenvalue weighted by atomic mass is 32.2. The third-order valence-electron chi connectivity index (χ3n) is 4.25. The number of nitrogens with zero attached hydrogens (tertiary/aromatic N) is 1. The quantitative estimate of drug-likeness (QED) is 0.734. The molecule has 0 radical (unpaired) electrons. The minimum Gasteiger partial charge on any atom is -0.491 e. The Morgan fingerprint density at radius 3 is 2.29 bits per heavy atom. The van der Waals surface area contributed by atoms with E-state index in [1.165, 1.54) is 0 Å². The zero-order chi connectivity index (χ0) is 20.9. The van der Waals surface area contributed by atoms with Gasteiger partial charge in [0.2, 0.25) is 15.9 Å². The second-order valence-corrected chi connectivity index (χ2v) is 9.06. The Bertz CT molecular complexity index is 924. The summed E-state index contributed by atoms with van der Waals surface area (Å²) >= 11 is 0. The van der Waals surface area contributed by atoms with Crippen molar-refractivity contribution in [3.63, 3.8) is 0 Å². The lowest BCUT2D eigenvalue weighted by atomic mass is 10.1. The lowest BCUT2D eigenvalue weighted by Gasteiger charge is -2.25. The smallest absolute Gasteiger partial charge is 0.241 e. The molecule has 1 atom stereocenters. The zero-order valence-electron chi connectivity index (χ0n) is 17.0. The van der Waals surface area contributed by atoms with E-state index in [1.54, 1.807) is 6.07 Å². The fourth-order valence-corrected chi connectivity index (χ4v) is 3.62. The topological polar surface area (TPSA) is 75.7 Å². The average Bonchev–Trinajstić information content (AvgIpc) is 2.60. The lowest BCUT2D eigenvalue weighted by Crippen LogP contribution is -2.45. The Kier molecular flexibility index (Phi) is 7.07. The van der Waals surface area contributed by atoms with Gasteiger partial charge in [-0.1, -0.05) is 29.8 Å².